The number of sulfonamides is 1. The minimum atomic E-state index is -3.32. The number of unbranched alkanes of at least 4 members (excludes halogenated alkanes) is 1. The molecule has 1 aliphatic heterocycles. The van der Waals surface area contributed by atoms with E-state index in [1.54, 1.807) is 24.3 Å². The van der Waals surface area contributed by atoms with Crippen molar-refractivity contribution in [3.63, 3.8) is 0 Å². The fraction of sp³-hybridized carbons (Fsp3) is 0.667. The van der Waals surface area contributed by atoms with Crippen LogP contribution in [0.5, 0.6) is 0 Å². The van der Waals surface area contributed by atoms with Gasteiger partial charge >= 0.3 is 0 Å². The molecule has 0 radical (unpaired) electrons. The highest BCUT2D eigenvalue weighted by Crippen LogP contribution is 2.52. The van der Waals surface area contributed by atoms with E-state index in [0.29, 0.717) is 23.7 Å². The van der Waals surface area contributed by atoms with Gasteiger partial charge in [0.2, 0.25) is 10.0 Å². The first-order chi connectivity index (χ1) is 12.5. The molecule has 6 heteroatoms. The summed E-state index contributed by atoms with van der Waals surface area (Å²) < 4.78 is 26.6. The fourth-order valence-corrected chi connectivity index (χ4v) is 6.37. The molecule has 2 unspecified atom stereocenters. The first kappa shape index (κ1) is 20.2. The van der Waals surface area contributed by atoms with Crippen LogP contribution in [0.15, 0.2) is 24.3 Å². The van der Waals surface area contributed by atoms with E-state index < -0.39 is 10.0 Å². The van der Waals surface area contributed by atoms with Gasteiger partial charge in [-0.05, 0) is 60.8 Å². The molecule has 0 aromatic heterocycles. The molecular weight excluding hydrogens is 360 g/mol. The van der Waals surface area contributed by atoms with Crippen LogP contribution in [0.4, 0.5) is 5.69 Å². The van der Waals surface area contributed by atoms with Crippen LogP contribution in [0.3, 0.4) is 0 Å². The molecule has 1 aromatic carbocycles. The Morgan fingerprint density at radius 2 is 1.85 bits per heavy atom. The maximum absolute atomic E-state index is 13.1. The number of nitrogens with zero attached hydrogens (tertiary/aromatic N) is 1. The number of carbonyl (C=O) groups excluding carboxylic acids is 1. The van der Waals surface area contributed by atoms with Crippen LogP contribution in [-0.2, 0) is 10.0 Å². The lowest BCUT2D eigenvalue weighted by molar-refractivity contribution is 0.0708. The van der Waals surface area contributed by atoms with Crippen LogP contribution in [0.2, 0.25) is 0 Å². The topological polar surface area (TPSA) is 66.5 Å². The lowest BCUT2D eigenvalue weighted by Crippen LogP contribution is -2.37. The Morgan fingerprint density at radius 1 is 1.19 bits per heavy atom. The standard InChI is InChI=1S/C21H32N2O3S/c1-5-6-11-27(25,26)22-17-9-7-16(8-10-17)19(24)23-15-21(4)13-18(23)12-20(2,3)14-21/h7-10,18,22H,5-6,11-15H2,1-4H3. The maximum Gasteiger partial charge on any atom is 0.254 e. The molecule has 1 heterocycles. The van der Waals surface area contributed by atoms with Gasteiger partial charge in [-0.25, -0.2) is 8.42 Å². The summed E-state index contributed by atoms with van der Waals surface area (Å²) in [5.41, 5.74) is 1.61. The number of benzene rings is 1. The Kier molecular flexibility index (Phi) is 5.32. The van der Waals surface area contributed by atoms with E-state index in [4.69, 9.17) is 0 Å². The van der Waals surface area contributed by atoms with E-state index in [0.717, 1.165) is 32.2 Å². The number of amides is 1. The predicted molar refractivity (Wildman–Crippen MR) is 109 cm³/mol. The highest BCUT2D eigenvalue weighted by atomic mass is 32.2. The minimum absolute atomic E-state index is 0.0572. The first-order valence-corrected chi connectivity index (χ1v) is 11.6. The van der Waals surface area contributed by atoms with Crippen molar-refractivity contribution in [3.8, 4) is 0 Å². The SMILES string of the molecule is CCCCS(=O)(=O)Nc1ccc(C(=O)N2CC3(C)CC2CC(C)(C)C3)cc1. The van der Waals surface area contributed by atoms with Gasteiger partial charge in [0.1, 0.15) is 0 Å². The summed E-state index contributed by atoms with van der Waals surface area (Å²) >= 11 is 0. The third kappa shape index (κ3) is 4.65. The molecule has 1 amide bonds. The second kappa shape index (κ2) is 7.12. The average molecular weight is 393 g/mol. The van der Waals surface area contributed by atoms with E-state index in [1.807, 2.05) is 11.8 Å². The molecule has 3 rings (SSSR count). The van der Waals surface area contributed by atoms with Crippen molar-refractivity contribution in [2.45, 2.75) is 65.8 Å². The molecule has 1 saturated heterocycles. The monoisotopic (exact) mass is 392 g/mol. The molecule has 5 nitrogen and oxygen atoms in total. The lowest BCUT2D eigenvalue weighted by atomic mass is 9.65. The number of fused-ring (bicyclic) bond motifs is 2. The van der Waals surface area contributed by atoms with Crippen LogP contribution < -0.4 is 4.72 Å². The Hall–Kier alpha value is -1.56. The van der Waals surface area contributed by atoms with Crippen LogP contribution in [-0.4, -0.2) is 37.6 Å². The largest absolute Gasteiger partial charge is 0.335 e. The van der Waals surface area contributed by atoms with Gasteiger partial charge in [0, 0.05) is 23.8 Å². The highest BCUT2D eigenvalue weighted by molar-refractivity contribution is 7.92. The zero-order valence-electron chi connectivity index (χ0n) is 16.9. The van der Waals surface area contributed by atoms with Crippen LogP contribution in [0.1, 0.15) is 70.2 Å². The predicted octanol–water partition coefficient (Wildman–Crippen LogP) is 4.27. The van der Waals surface area contributed by atoms with Crippen molar-refractivity contribution in [2.24, 2.45) is 10.8 Å². The van der Waals surface area contributed by atoms with E-state index in [1.165, 1.54) is 0 Å². The molecule has 1 aliphatic carbocycles. The fourth-order valence-electron chi connectivity index (χ4n) is 5.11. The molecule has 0 spiro atoms. The molecule has 1 saturated carbocycles. The normalized spacial score (nSPS) is 26.8. The van der Waals surface area contributed by atoms with Crippen LogP contribution in [0.25, 0.3) is 0 Å². The Balaban J connectivity index is 1.70. The molecule has 2 fully saturated rings. The first-order valence-electron chi connectivity index (χ1n) is 9.94. The highest BCUT2D eigenvalue weighted by Gasteiger charge is 2.50. The zero-order chi connectivity index (χ0) is 19.9. The number of nitrogens with one attached hydrogen (secondary N) is 1. The molecule has 2 aliphatic rings. The smallest absolute Gasteiger partial charge is 0.254 e. The molecular formula is C21H32N2O3S. The number of hydrogen-bond donors (Lipinski definition) is 1. The van der Waals surface area contributed by atoms with E-state index in [2.05, 4.69) is 25.5 Å². The van der Waals surface area contributed by atoms with Gasteiger partial charge in [-0.2, -0.15) is 0 Å². The van der Waals surface area contributed by atoms with Crippen molar-refractivity contribution in [2.75, 3.05) is 17.0 Å². The van der Waals surface area contributed by atoms with Gasteiger partial charge in [-0.3, -0.25) is 9.52 Å². The van der Waals surface area contributed by atoms with Gasteiger partial charge in [0.25, 0.3) is 5.91 Å². The maximum atomic E-state index is 13.1. The number of rotatable bonds is 6. The van der Waals surface area contributed by atoms with Gasteiger partial charge < -0.3 is 4.90 Å². The molecule has 2 atom stereocenters. The molecule has 2 bridgehead atoms. The number of anilines is 1. The number of likely N-dealkylation sites (tertiary alicyclic amines) is 1. The van der Waals surface area contributed by atoms with Crippen LogP contribution in [0, 0.1) is 10.8 Å². The summed E-state index contributed by atoms with van der Waals surface area (Å²) in [6.07, 6.45) is 4.75. The van der Waals surface area contributed by atoms with Crippen molar-refractivity contribution in [3.05, 3.63) is 29.8 Å². The van der Waals surface area contributed by atoms with Crippen molar-refractivity contribution >= 4 is 21.6 Å². The minimum Gasteiger partial charge on any atom is -0.335 e. The quantitative estimate of drug-likeness (QED) is 0.786. The third-order valence-corrected chi connectivity index (χ3v) is 7.22. The zero-order valence-corrected chi connectivity index (χ0v) is 17.7. The summed E-state index contributed by atoms with van der Waals surface area (Å²) in [6.45, 7) is 9.66. The summed E-state index contributed by atoms with van der Waals surface area (Å²) in [5, 5.41) is 0. The summed E-state index contributed by atoms with van der Waals surface area (Å²) in [4.78, 5) is 15.1. The molecule has 150 valence electrons. The van der Waals surface area contributed by atoms with E-state index in [-0.39, 0.29) is 22.5 Å². The molecule has 1 aromatic rings. The van der Waals surface area contributed by atoms with Gasteiger partial charge in [0.05, 0.1) is 5.75 Å². The third-order valence-electron chi connectivity index (χ3n) is 5.85. The van der Waals surface area contributed by atoms with Gasteiger partial charge in [-0.15, -0.1) is 0 Å². The van der Waals surface area contributed by atoms with E-state index in [9.17, 15) is 13.2 Å². The second-order valence-electron chi connectivity index (χ2n) is 9.50. The van der Waals surface area contributed by atoms with Crippen molar-refractivity contribution < 1.29 is 13.2 Å². The summed E-state index contributed by atoms with van der Waals surface area (Å²) in [6, 6.07) is 7.14. The van der Waals surface area contributed by atoms with Crippen molar-refractivity contribution in [1.29, 1.82) is 0 Å². The number of hydrogen-bond acceptors (Lipinski definition) is 3. The molecule has 27 heavy (non-hydrogen) atoms. The van der Waals surface area contributed by atoms with E-state index >= 15 is 0 Å². The van der Waals surface area contributed by atoms with Gasteiger partial charge in [-0.1, -0.05) is 34.1 Å². The Morgan fingerprint density at radius 3 is 2.48 bits per heavy atom. The average Bonchev–Trinajstić information content (AvgIpc) is 2.81. The lowest BCUT2D eigenvalue weighted by Gasteiger charge is -2.39. The Bertz CT molecular complexity index is 801. The van der Waals surface area contributed by atoms with Crippen molar-refractivity contribution in [1.82, 2.24) is 4.90 Å². The summed E-state index contributed by atoms with van der Waals surface area (Å²) in [7, 11) is -3.32. The van der Waals surface area contributed by atoms with Crippen LogP contribution >= 0.6 is 0 Å². The second-order valence-corrected chi connectivity index (χ2v) is 11.3. The summed E-state index contributed by atoms with van der Waals surface area (Å²) in [5.74, 6) is 0.176. The van der Waals surface area contributed by atoms with Gasteiger partial charge in [0.15, 0.2) is 0 Å². The molecule has 1 N–H and O–H groups in total. The number of carbonyl (C=O) groups is 1. The Labute approximate surface area is 163 Å².